The molecule has 310 valence electrons. The van der Waals surface area contributed by atoms with Gasteiger partial charge in [0.1, 0.15) is 30.2 Å². The highest BCUT2D eigenvalue weighted by Gasteiger charge is 2.40. The van der Waals surface area contributed by atoms with Crippen molar-refractivity contribution >= 4 is 43.3 Å². The number of unbranched alkanes of at least 4 members (excludes halogenated alkanes) is 1. The number of aromatic amines is 1. The third-order valence-electron chi connectivity index (χ3n) is 9.11. The number of ether oxygens (including phenoxy) is 1. The molecule has 3 rings (SSSR count). The second-order valence-corrected chi connectivity index (χ2v) is 15.5. The van der Waals surface area contributed by atoms with Gasteiger partial charge in [0, 0.05) is 44.8 Å². The highest BCUT2D eigenvalue weighted by molar-refractivity contribution is 7.46. The Balaban J connectivity index is 1.67. The van der Waals surface area contributed by atoms with Gasteiger partial charge in [0.25, 0.3) is 0 Å². The Hall–Kier alpha value is -4.68. The number of primary amides is 1. The average Bonchev–Trinajstić information content (AvgIpc) is 3.79. The number of aromatic nitrogens is 2. The quantitative estimate of drug-likeness (QED) is 0.0575. The molecule has 7 atom stereocenters. The standard InChI is InChI=1S/C36H55N8O11P/c1-21(2)15-28(42-36(50)30-17-27(19-44(30)24(5)45)54-14-10-9-13-25-11-7-6-8-12-25)35(49)41-29(16-26-18-38-20-39-26)34(48)40-22(3)33(47)43-31(32(37)46)23(4)55-56(51,52)53/h6-8,11-12,18,20-23,27-31H,9-10,13-17,19H2,1-5H3,(H2,37,46)(H,38,39)(H,40,48)(H,41,49)(H,42,50)(H,43,47)(H2,51,52,53). The fraction of sp³-hybridized carbons (Fsp3) is 0.583. The minimum Gasteiger partial charge on any atom is -0.376 e. The molecule has 1 aliphatic heterocycles. The normalized spacial score (nSPS) is 18.3. The van der Waals surface area contributed by atoms with Crippen LogP contribution in [0.25, 0.3) is 0 Å². The number of nitrogens with zero attached hydrogens (tertiary/aromatic N) is 2. The topological polar surface area (TPSA) is 284 Å². The largest absolute Gasteiger partial charge is 0.469 e. The van der Waals surface area contributed by atoms with E-state index in [0.29, 0.717) is 12.3 Å². The van der Waals surface area contributed by atoms with Gasteiger partial charge in [-0.05, 0) is 51.0 Å². The van der Waals surface area contributed by atoms with Crippen LogP contribution in [0.1, 0.15) is 71.6 Å². The molecule has 0 radical (unpaired) electrons. The lowest BCUT2D eigenvalue weighted by Crippen LogP contribution is -2.59. The molecule has 0 bridgehead atoms. The fourth-order valence-electron chi connectivity index (χ4n) is 6.26. The molecule has 0 aliphatic carbocycles. The lowest BCUT2D eigenvalue weighted by Gasteiger charge is -2.28. The maximum absolute atomic E-state index is 13.8. The second-order valence-electron chi connectivity index (χ2n) is 14.3. The number of phosphoric acid groups is 1. The number of phosphoric ester groups is 1. The van der Waals surface area contributed by atoms with Gasteiger partial charge < -0.3 is 51.4 Å². The molecule has 9 N–H and O–H groups in total. The monoisotopic (exact) mass is 806 g/mol. The summed E-state index contributed by atoms with van der Waals surface area (Å²) >= 11 is 0. The number of hydrogen-bond donors (Lipinski definition) is 8. The predicted octanol–water partition coefficient (Wildman–Crippen LogP) is -0.0306. The smallest absolute Gasteiger partial charge is 0.376 e. The Labute approximate surface area is 325 Å². The molecule has 1 aliphatic rings. The zero-order valence-electron chi connectivity index (χ0n) is 32.3. The van der Waals surface area contributed by atoms with Gasteiger partial charge in [0.05, 0.1) is 18.5 Å². The lowest BCUT2D eigenvalue weighted by atomic mass is 10.0. The Morgan fingerprint density at radius 3 is 2.23 bits per heavy atom. The first-order chi connectivity index (χ1) is 26.3. The third-order valence-corrected chi connectivity index (χ3v) is 9.71. The molecule has 0 saturated carbocycles. The first-order valence-corrected chi connectivity index (χ1v) is 20.0. The average molecular weight is 807 g/mol. The number of aryl methyl sites for hydroxylation is 1. The summed E-state index contributed by atoms with van der Waals surface area (Å²) < 4.78 is 21.8. The van der Waals surface area contributed by atoms with E-state index in [9.17, 15) is 33.3 Å². The number of H-pyrrole nitrogens is 1. The van der Waals surface area contributed by atoms with E-state index in [1.54, 1.807) is 0 Å². The van der Waals surface area contributed by atoms with Gasteiger partial charge in [-0.1, -0.05) is 44.2 Å². The van der Waals surface area contributed by atoms with Crippen molar-refractivity contribution in [1.82, 2.24) is 36.1 Å². The molecule has 6 amide bonds. The van der Waals surface area contributed by atoms with Crippen LogP contribution in [0.3, 0.4) is 0 Å². The number of carbonyl (C=O) groups excluding carboxylic acids is 6. The van der Waals surface area contributed by atoms with Crippen LogP contribution in [0, 0.1) is 5.92 Å². The predicted molar refractivity (Wildman–Crippen MR) is 202 cm³/mol. The van der Waals surface area contributed by atoms with Gasteiger partial charge in [-0.15, -0.1) is 0 Å². The summed E-state index contributed by atoms with van der Waals surface area (Å²) in [5.41, 5.74) is 7.00. The van der Waals surface area contributed by atoms with Crippen molar-refractivity contribution in [2.24, 2.45) is 11.7 Å². The SMILES string of the molecule is CC(=O)N1CC(OCCCCc2ccccc2)CC1C(=O)NC(CC(C)C)C(=O)NC(Cc1cnc[nH]1)C(=O)NC(C)C(=O)NC(C(N)=O)C(C)OP(=O)(O)O. The van der Waals surface area contributed by atoms with Crippen molar-refractivity contribution in [1.29, 1.82) is 0 Å². The number of hydrogen-bond acceptors (Lipinski definition) is 10. The van der Waals surface area contributed by atoms with E-state index in [0.717, 1.165) is 26.2 Å². The first kappa shape index (κ1) is 45.7. The molecule has 2 aromatic rings. The van der Waals surface area contributed by atoms with Crippen LogP contribution in [0.4, 0.5) is 0 Å². The number of carbonyl (C=O) groups is 6. The Kier molecular flexibility index (Phi) is 17.6. The van der Waals surface area contributed by atoms with E-state index in [-0.39, 0.29) is 43.7 Å². The van der Waals surface area contributed by atoms with Crippen LogP contribution in [0.15, 0.2) is 42.9 Å². The molecular weight excluding hydrogens is 751 g/mol. The van der Waals surface area contributed by atoms with Crippen LogP contribution in [0.2, 0.25) is 0 Å². The Morgan fingerprint density at radius 1 is 0.964 bits per heavy atom. The van der Waals surface area contributed by atoms with Crippen molar-refractivity contribution < 1.29 is 52.4 Å². The first-order valence-electron chi connectivity index (χ1n) is 18.5. The summed E-state index contributed by atoms with van der Waals surface area (Å²) in [6.07, 6.45) is 3.87. The van der Waals surface area contributed by atoms with Crippen molar-refractivity contribution in [2.75, 3.05) is 13.2 Å². The summed E-state index contributed by atoms with van der Waals surface area (Å²) in [7, 11) is -5.04. The number of rotatable bonds is 22. The van der Waals surface area contributed by atoms with Gasteiger partial charge >= 0.3 is 7.82 Å². The van der Waals surface area contributed by atoms with Crippen molar-refractivity contribution in [3.05, 3.63) is 54.1 Å². The second kappa shape index (κ2) is 21.6. The maximum Gasteiger partial charge on any atom is 0.469 e. The molecule has 56 heavy (non-hydrogen) atoms. The molecule has 2 heterocycles. The molecule has 0 spiro atoms. The van der Waals surface area contributed by atoms with Gasteiger partial charge in [-0.3, -0.25) is 33.3 Å². The molecular formula is C36H55N8O11P. The number of nitrogens with one attached hydrogen (secondary N) is 5. The molecule has 1 saturated heterocycles. The van der Waals surface area contributed by atoms with Crippen molar-refractivity contribution in [3.63, 3.8) is 0 Å². The zero-order chi connectivity index (χ0) is 41.6. The van der Waals surface area contributed by atoms with Crippen LogP contribution in [-0.4, -0.2) is 116 Å². The minimum absolute atomic E-state index is 0.0794. The number of benzene rings is 1. The number of likely N-dealkylation sites (tertiary alicyclic amines) is 1. The summed E-state index contributed by atoms with van der Waals surface area (Å²) in [5, 5.41) is 10.1. The summed E-state index contributed by atoms with van der Waals surface area (Å²) in [6, 6.07) is 3.80. The number of amides is 6. The number of imidazole rings is 1. The third kappa shape index (κ3) is 15.1. The van der Waals surface area contributed by atoms with Crippen molar-refractivity contribution in [3.8, 4) is 0 Å². The molecule has 7 unspecified atom stereocenters. The summed E-state index contributed by atoms with van der Waals surface area (Å²) in [5.74, 6) is -4.54. The minimum atomic E-state index is -5.04. The molecule has 1 aromatic carbocycles. The van der Waals surface area contributed by atoms with Crippen molar-refractivity contribution in [2.45, 2.75) is 116 Å². The number of nitrogens with two attached hydrogens (primary N) is 1. The fourth-order valence-corrected chi connectivity index (χ4v) is 6.82. The van der Waals surface area contributed by atoms with Gasteiger partial charge in [0.15, 0.2) is 0 Å². The van der Waals surface area contributed by atoms with Crippen LogP contribution < -0.4 is 27.0 Å². The summed E-state index contributed by atoms with van der Waals surface area (Å²) in [6.45, 7) is 8.16. The van der Waals surface area contributed by atoms with Gasteiger partial charge in [-0.25, -0.2) is 9.55 Å². The molecule has 19 nitrogen and oxygen atoms in total. The summed E-state index contributed by atoms with van der Waals surface area (Å²) in [4.78, 5) is 105. The van der Waals surface area contributed by atoms with Crippen LogP contribution in [-0.2, 0) is 55.4 Å². The van der Waals surface area contributed by atoms with E-state index in [1.807, 2.05) is 32.0 Å². The van der Waals surface area contributed by atoms with E-state index in [4.69, 9.17) is 20.3 Å². The molecule has 20 heteroatoms. The maximum atomic E-state index is 13.8. The van der Waals surface area contributed by atoms with Crippen LogP contribution >= 0.6 is 7.82 Å². The van der Waals surface area contributed by atoms with Crippen LogP contribution in [0.5, 0.6) is 0 Å². The highest BCUT2D eigenvalue weighted by Crippen LogP contribution is 2.38. The molecule has 1 fully saturated rings. The zero-order valence-corrected chi connectivity index (χ0v) is 33.2. The Bertz CT molecular complexity index is 1670. The Morgan fingerprint density at radius 2 is 1.64 bits per heavy atom. The van der Waals surface area contributed by atoms with E-state index in [1.165, 1.54) is 36.8 Å². The lowest BCUT2D eigenvalue weighted by molar-refractivity contribution is -0.138. The van der Waals surface area contributed by atoms with E-state index in [2.05, 4.69) is 47.9 Å². The van der Waals surface area contributed by atoms with Gasteiger partial charge in [-0.2, -0.15) is 0 Å². The highest BCUT2D eigenvalue weighted by atomic mass is 31.2. The van der Waals surface area contributed by atoms with E-state index < -0.39 is 73.7 Å². The van der Waals surface area contributed by atoms with Gasteiger partial charge in [0.2, 0.25) is 35.4 Å². The molecule has 1 aromatic heterocycles. The van der Waals surface area contributed by atoms with E-state index >= 15 is 0 Å².